The van der Waals surface area contributed by atoms with Crippen LogP contribution in [-0.4, -0.2) is 17.6 Å². The smallest absolute Gasteiger partial charge is 1.00 e. The largest absolute Gasteiger partial charge is 1.00 e. The van der Waals surface area contributed by atoms with E-state index in [4.69, 9.17) is 4.74 Å². The molecule has 0 spiro atoms. The second-order valence-corrected chi connectivity index (χ2v) is 37.8. The van der Waals surface area contributed by atoms with Gasteiger partial charge < -0.3 is 24.8 Å². The minimum Gasteiger partial charge on any atom is -1.00 e. The fraction of sp³-hybridized carbons (Fsp3) is 0.472. The molecule has 6 rings (SSSR count). The Morgan fingerprint density at radius 1 is 0.621 bits per heavy atom. The van der Waals surface area contributed by atoms with Crippen molar-refractivity contribution in [1.29, 1.82) is 0 Å². The molecule has 0 amide bonds. The van der Waals surface area contributed by atoms with Crippen LogP contribution in [0.15, 0.2) is 96.1 Å². The van der Waals surface area contributed by atoms with Gasteiger partial charge in [-0.25, -0.2) is 0 Å². The van der Waals surface area contributed by atoms with Crippen molar-refractivity contribution in [1.82, 2.24) is 0 Å². The standard InChI is InChI=1S/C30H41O.C21H23.C2H6Si.2ClH.Zr/c1-22-21-24-13-12-15-27(23-16-18-25(19-17-23)29(2,3)4)28(24)26(22)14-10-8-9-11-20-31-30(5,6)7;1-5-15-13-17-7-6-8-19(20(17)14-15)16-9-11-18(12-10-16)21(2,3)4;1-3-2;;;/h12-13,15-19,21H,8-11,14,20H2,1-7H3;6-14H,5H2,1-4H3;1-2H3;2*1H;/q;;;;;+2/p-2. The maximum Gasteiger partial charge on any atom is -1.00 e. The van der Waals surface area contributed by atoms with Crippen molar-refractivity contribution < 1.29 is 49.9 Å². The van der Waals surface area contributed by atoms with E-state index in [1.807, 2.05) is 0 Å². The maximum absolute atomic E-state index is 6.07. The Labute approximate surface area is 374 Å². The summed E-state index contributed by atoms with van der Waals surface area (Å²) in [7, 11) is 0. The second-order valence-electron chi connectivity index (χ2n) is 19.9. The number of benzene rings is 4. The zero-order valence-electron chi connectivity index (χ0n) is 37.9. The Bertz CT molecular complexity index is 2130. The average molecular weight is 913 g/mol. The average Bonchev–Trinajstić information content (AvgIpc) is 3.64. The number of hydrogen-bond acceptors (Lipinski definition) is 1. The Hall–Kier alpha value is -2.00. The van der Waals surface area contributed by atoms with Gasteiger partial charge in [0, 0.05) is 0 Å². The van der Waals surface area contributed by atoms with Crippen LogP contribution in [0.25, 0.3) is 33.9 Å². The van der Waals surface area contributed by atoms with Crippen LogP contribution in [0.4, 0.5) is 0 Å². The summed E-state index contributed by atoms with van der Waals surface area (Å²) in [6.07, 6.45) is 9.82. The number of allylic oxidation sites excluding steroid dienone is 3. The SMILES string of the molecule is CCC1=Cc2c(-c3ccc(C(C)(C)C)cc3)cccc2[CH]1[Zr+2]([CH]1C(C)=C(CCCCCCOC(C)(C)C)c2c(-c3ccc(C(C)(C)C)cc3)cccc21)=[Si](C)C.[Cl-].[Cl-]. The third-order valence-corrected chi connectivity index (χ3v) is 32.0. The molecule has 0 bridgehead atoms. The topological polar surface area (TPSA) is 9.23 Å². The first kappa shape index (κ1) is 48.7. The van der Waals surface area contributed by atoms with Crippen molar-refractivity contribution in [3.8, 4) is 22.3 Å². The van der Waals surface area contributed by atoms with Gasteiger partial charge in [-0.1, -0.05) is 0 Å². The first-order valence-corrected chi connectivity index (χ1v) is 30.6. The fourth-order valence-corrected chi connectivity index (χ4v) is 30.1. The van der Waals surface area contributed by atoms with Crippen LogP contribution < -0.4 is 24.8 Å². The van der Waals surface area contributed by atoms with Crippen LogP contribution in [-0.2, 0) is 35.9 Å². The Morgan fingerprint density at radius 2 is 1.14 bits per heavy atom. The number of ether oxygens (including phenoxy) is 1. The van der Waals surface area contributed by atoms with Gasteiger partial charge in [-0.15, -0.1) is 0 Å². The Balaban J connectivity index is 0.00000372. The summed E-state index contributed by atoms with van der Waals surface area (Å²) < 4.78 is 7.30. The van der Waals surface area contributed by atoms with Crippen molar-refractivity contribution in [3.63, 3.8) is 0 Å². The first-order valence-electron chi connectivity index (χ1n) is 21.6. The van der Waals surface area contributed by atoms with Crippen molar-refractivity contribution >= 4 is 17.1 Å². The van der Waals surface area contributed by atoms with Crippen LogP contribution in [0, 0.1) is 0 Å². The van der Waals surface area contributed by atoms with Gasteiger partial charge in [0.1, 0.15) is 0 Å². The van der Waals surface area contributed by atoms with Gasteiger partial charge >= 0.3 is 352 Å². The summed E-state index contributed by atoms with van der Waals surface area (Å²) in [6, 6.07) is 33.6. The fourth-order valence-electron chi connectivity index (χ4n) is 9.28. The molecule has 58 heavy (non-hydrogen) atoms. The molecule has 310 valence electrons. The van der Waals surface area contributed by atoms with E-state index in [-0.39, 0.29) is 41.2 Å². The van der Waals surface area contributed by atoms with E-state index in [9.17, 15) is 0 Å². The molecule has 0 saturated heterocycles. The molecule has 0 N–H and O–H groups in total. The number of rotatable bonds is 12. The Kier molecular flexibility index (Phi) is 16.6. The molecule has 0 heterocycles. The van der Waals surface area contributed by atoms with Crippen molar-refractivity contribution in [2.24, 2.45) is 0 Å². The molecular weight excluding hydrogens is 843 g/mol. The molecule has 0 aromatic heterocycles. The summed E-state index contributed by atoms with van der Waals surface area (Å²) in [4.78, 5) is 0. The molecule has 2 atom stereocenters. The van der Waals surface area contributed by atoms with Crippen LogP contribution in [0.5, 0.6) is 0 Å². The van der Waals surface area contributed by atoms with Crippen molar-refractivity contribution in [3.05, 3.63) is 129 Å². The molecule has 5 heteroatoms. The van der Waals surface area contributed by atoms with Crippen LogP contribution in [0.1, 0.15) is 155 Å². The van der Waals surface area contributed by atoms with E-state index >= 15 is 0 Å². The van der Waals surface area contributed by atoms with E-state index in [2.05, 4.69) is 180 Å². The summed E-state index contributed by atoms with van der Waals surface area (Å²) in [5.74, 6) is 0. The molecule has 0 saturated carbocycles. The number of unbranched alkanes of at least 4 members (excludes halogenated alkanes) is 3. The normalized spacial score (nSPS) is 16.2. The van der Waals surface area contributed by atoms with Gasteiger partial charge in [0.05, 0.1) is 0 Å². The van der Waals surface area contributed by atoms with E-state index in [1.165, 1.54) is 64.6 Å². The molecule has 2 aliphatic rings. The van der Waals surface area contributed by atoms with Gasteiger partial charge in [0.25, 0.3) is 0 Å². The Morgan fingerprint density at radius 3 is 1.66 bits per heavy atom. The summed E-state index contributed by atoms with van der Waals surface area (Å²) in [6.45, 7) is 31.6. The van der Waals surface area contributed by atoms with Crippen LogP contribution >= 0.6 is 0 Å². The van der Waals surface area contributed by atoms with Gasteiger partial charge in [-0.3, -0.25) is 0 Å². The molecule has 1 nitrogen and oxygen atoms in total. The van der Waals surface area contributed by atoms with Crippen LogP contribution in [0.3, 0.4) is 0 Å². The minimum absolute atomic E-state index is 0. The van der Waals surface area contributed by atoms with Gasteiger partial charge in [0.15, 0.2) is 0 Å². The quantitative estimate of drug-likeness (QED) is 0.102. The number of hydrogen-bond donors (Lipinski definition) is 0. The van der Waals surface area contributed by atoms with Crippen LogP contribution in [0.2, 0.25) is 13.1 Å². The van der Waals surface area contributed by atoms with E-state index < -0.39 is 25.8 Å². The van der Waals surface area contributed by atoms with E-state index in [0.717, 1.165) is 19.4 Å². The monoisotopic (exact) mass is 910 g/mol. The van der Waals surface area contributed by atoms with Crippen molar-refractivity contribution in [2.45, 2.75) is 151 Å². The van der Waals surface area contributed by atoms with Crippen molar-refractivity contribution in [2.75, 3.05) is 6.61 Å². The molecule has 2 unspecified atom stereocenters. The van der Waals surface area contributed by atoms with Gasteiger partial charge in [-0.05, 0) is 0 Å². The molecule has 0 fully saturated rings. The number of fused-ring (bicyclic) bond motifs is 2. The zero-order chi connectivity index (χ0) is 40.6. The maximum atomic E-state index is 6.07. The second kappa shape index (κ2) is 19.8. The molecule has 4 aromatic rings. The molecule has 4 aromatic carbocycles. The third-order valence-electron chi connectivity index (χ3n) is 12.4. The molecular formula is C53H70Cl2OSiZr. The molecule has 2 aliphatic carbocycles. The minimum atomic E-state index is -2.30. The van der Waals surface area contributed by atoms with E-state index in [1.54, 1.807) is 33.4 Å². The summed E-state index contributed by atoms with van der Waals surface area (Å²) in [5.41, 5.74) is 19.5. The molecule has 0 aliphatic heterocycles. The van der Waals surface area contributed by atoms with E-state index in [0.29, 0.717) is 7.25 Å². The third kappa shape index (κ3) is 10.7. The first-order chi connectivity index (χ1) is 26.4. The summed E-state index contributed by atoms with van der Waals surface area (Å²) in [5, 5.41) is 0. The zero-order valence-corrected chi connectivity index (χ0v) is 42.9. The predicted molar refractivity (Wildman–Crippen MR) is 244 cm³/mol. The van der Waals surface area contributed by atoms with Gasteiger partial charge in [0.2, 0.25) is 0 Å². The summed E-state index contributed by atoms with van der Waals surface area (Å²) >= 11 is -2.30. The van der Waals surface area contributed by atoms with Gasteiger partial charge in [-0.2, -0.15) is 0 Å². The number of halogens is 2. The predicted octanol–water partition coefficient (Wildman–Crippen LogP) is 9.64. The molecule has 0 radical (unpaired) electrons.